The molecule has 2 aliphatic heterocycles. The van der Waals surface area contributed by atoms with Gasteiger partial charge in [-0.05, 0) is 12.5 Å². The first-order valence-corrected chi connectivity index (χ1v) is 13.8. The van der Waals surface area contributed by atoms with E-state index in [1.54, 1.807) is 14.0 Å². The molecule has 2 atom stereocenters. The number of carboxylic acid groups (broad SMARTS) is 1. The number of carbonyl (C=O) groups is 4. The van der Waals surface area contributed by atoms with Gasteiger partial charge in [-0.1, -0.05) is 16.9 Å². The van der Waals surface area contributed by atoms with E-state index in [1.807, 2.05) is 0 Å². The summed E-state index contributed by atoms with van der Waals surface area (Å²) in [6.45, 7) is 1.85. The Morgan fingerprint density at radius 1 is 1.37 bits per heavy atom. The molecule has 2 aliphatic rings. The summed E-state index contributed by atoms with van der Waals surface area (Å²) in [6, 6.07) is -0.972. The topological polar surface area (TPSA) is 204 Å². The lowest BCUT2D eigenvalue weighted by Crippen LogP contribution is -2.71. The number of esters is 1. The van der Waals surface area contributed by atoms with Crippen LogP contribution in [-0.4, -0.2) is 95.9 Å². The van der Waals surface area contributed by atoms with Crippen molar-refractivity contribution in [1.82, 2.24) is 30.0 Å². The van der Waals surface area contributed by atoms with Crippen LogP contribution >= 0.6 is 34.9 Å². The van der Waals surface area contributed by atoms with Gasteiger partial charge >= 0.3 is 11.9 Å². The maximum Gasteiger partial charge on any atom is 0.378 e. The molecule has 2 aromatic rings. The van der Waals surface area contributed by atoms with Gasteiger partial charge in [0, 0.05) is 23.9 Å². The number of aromatic nitrogens is 4. The molecule has 0 unspecified atom stereocenters. The summed E-state index contributed by atoms with van der Waals surface area (Å²) in [5.74, 6) is -2.84. The zero-order valence-corrected chi connectivity index (χ0v) is 22.7. The van der Waals surface area contributed by atoms with Crippen LogP contribution in [0.15, 0.2) is 27.0 Å². The van der Waals surface area contributed by atoms with Crippen LogP contribution in [0.2, 0.25) is 0 Å². The van der Waals surface area contributed by atoms with Crippen LogP contribution in [-0.2, 0) is 31.0 Å². The molecular formula is C20H22N8O7S3. The number of β-lactam (4-membered cyclic amide) rings is 1. The van der Waals surface area contributed by atoms with Crippen LogP contribution in [0.25, 0.3) is 0 Å². The van der Waals surface area contributed by atoms with E-state index in [0.29, 0.717) is 16.5 Å². The fraction of sp³-hybridized carbons (Fsp3) is 0.400. The van der Waals surface area contributed by atoms with Crippen LogP contribution in [0.5, 0.6) is 0 Å². The molecule has 0 spiro atoms. The van der Waals surface area contributed by atoms with Crippen molar-refractivity contribution < 1.29 is 33.9 Å². The number of thioether (sulfide) groups is 2. The lowest BCUT2D eigenvalue weighted by atomic mass is 10.0. The molecule has 4 heterocycles. The Balaban J connectivity index is 1.47. The van der Waals surface area contributed by atoms with Gasteiger partial charge in [0.25, 0.3) is 17.6 Å². The van der Waals surface area contributed by atoms with Crippen LogP contribution in [0, 0.1) is 0 Å². The van der Waals surface area contributed by atoms with Crippen molar-refractivity contribution in [2.24, 2.45) is 12.2 Å². The highest BCUT2D eigenvalue weighted by atomic mass is 32.2. The van der Waals surface area contributed by atoms with Gasteiger partial charge in [-0.25, -0.2) is 19.3 Å². The van der Waals surface area contributed by atoms with Crippen molar-refractivity contribution in [3.63, 3.8) is 0 Å². The Kier molecular flexibility index (Phi) is 8.22. The zero-order chi connectivity index (χ0) is 27.6. The van der Waals surface area contributed by atoms with E-state index in [-0.39, 0.29) is 40.4 Å². The molecule has 2 amide bonds. The number of anilines is 1. The van der Waals surface area contributed by atoms with E-state index in [2.05, 4.69) is 25.5 Å². The van der Waals surface area contributed by atoms with Gasteiger partial charge in [-0.2, -0.15) is 4.98 Å². The number of aliphatic carboxylic acids is 1. The van der Waals surface area contributed by atoms with E-state index in [1.165, 1.54) is 40.7 Å². The lowest BCUT2D eigenvalue weighted by Gasteiger charge is -2.49. The third kappa shape index (κ3) is 5.32. The maximum absolute atomic E-state index is 13.0. The highest BCUT2D eigenvalue weighted by molar-refractivity contribution is 8.01. The Hall–Kier alpha value is -3.64. The second-order valence-electron chi connectivity index (χ2n) is 7.66. The number of thiazole rings is 1. The molecule has 202 valence electrons. The van der Waals surface area contributed by atoms with Gasteiger partial charge in [0.05, 0.1) is 6.61 Å². The Labute approximate surface area is 227 Å². The number of carboxylic acids is 1. The number of aryl methyl sites for hydroxylation is 1. The number of hydrogen-bond acceptors (Lipinski definition) is 14. The molecule has 1 saturated heterocycles. The quantitative estimate of drug-likeness (QED) is 0.110. The largest absolute Gasteiger partial charge is 0.477 e. The monoisotopic (exact) mass is 582 g/mol. The van der Waals surface area contributed by atoms with E-state index < -0.39 is 35.2 Å². The van der Waals surface area contributed by atoms with Crippen LogP contribution in [0.3, 0.4) is 0 Å². The number of hydrogen-bond donors (Lipinski definition) is 3. The third-order valence-electron chi connectivity index (χ3n) is 5.26. The van der Waals surface area contributed by atoms with Crippen molar-refractivity contribution >= 4 is 69.5 Å². The second-order valence-corrected chi connectivity index (χ2v) is 10.6. The Bertz CT molecular complexity index is 1350. The highest BCUT2D eigenvalue weighted by Gasteiger charge is 2.54. The lowest BCUT2D eigenvalue weighted by molar-refractivity contribution is -0.150. The summed E-state index contributed by atoms with van der Waals surface area (Å²) in [5.41, 5.74) is 6.00. The standard InChI is InChI=1S/C20H22N8O7S3/c1-4-35-18(33)13-24-20(27(2)25-13)38-6-8-5-36-16-11(15(30)28(16)12(8)17(31)32)23-14(29)10(26-34-3)9-7-37-19(21)22-9/h7,11,16H,4-6H2,1-3H3,(H2,21,22)(H,23,29)(H,31,32)/b26-10-/t11-,16-/m1/s1. The number of nitrogens with one attached hydrogen (secondary N) is 1. The molecule has 1 fully saturated rings. The van der Waals surface area contributed by atoms with Crippen LogP contribution in [0.1, 0.15) is 23.2 Å². The van der Waals surface area contributed by atoms with Gasteiger partial charge in [0.2, 0.25) is 0 Å². The van der Waals surface area contributed by atoms with Gasteiger partial charge in [0.15, 0.2) is 16.0 Å². The van der Waals surface area contributed by atoms with E-state index in [9.17, 15) is 24.3 Å². The summed E-state index contributed by atoms with van der Waals surface area (Å²) in [7, 11) is 2.86. The Morgan fingerprint density at radius 3 is 2.76 bits per heavy atom. The highest BCUT2D eigenvalue weighted by Crippen LogP contribution is 2.41. The van der Waals surface area contributed by atoms with Crippen molar-refractivity contribution in [2.75, 3.05) is 31.0 Å². The molecule has 0 aromatic carbocycles. The summed E-state index contributed by atoms with van der Waals surface area (Å²) in [5, 5.41) is 21.7. The molecule has 15 nitrogen and oxygen atoms in total. The van der Waals surface area contributed by atoms with Gasteiger partial charge in [0.1, 0.15) is 29.9 Å². The fourth-order valence-corrected chi connectivity index (χ4v) is 6.57. The predicted molar refractivity (Wildman–Crippen MR) is 137 cm³/mol. The number of fused-ring (bicyclic) bond motifs is 1. The molecule has 2 aromatic heterocycles. The molecule has 4 rings (SSSR count). The molecule has 4 N–H and O–H groups in total. The molecule has 0 saturated carbocycles. The van der Waals surface area contributed by atoms with Gasteiger partial charge in [-0.3, -0.25) is 14.5 Å². The summed E-state index contributed by atoms with van der Waals surface area (Å²) >= 11 is 3.60. The Morgan fingerprint density at radius 2 is 2.13 bits per heavy atom. The first-order valence-electron chi connectivity index (χ1n) is 10.9. The number of carbonyl (C=O) groups excluding carboxylic acids is 3. The minimum absolute atomic E-state index is 0.101. The van der Waals surface area contributed by atoms with Gasteiger partial charge in [-0.15, -0.1) is 28.2 Å². The zero-order valence-electron chi connectivity index (χ0n) is 20.2. The second kappa shape index (κ2) is 11.4. The molecule has 0 bridgehead atoms. The van der Waals surface area contributed by atoms with Crippen LogP contribution in [0.4, 0.5) is 5.13 Å². The summed E-state index contributed by atoms with van der Waals surface area (Å²) in [6.07, 6.45) is 0. The number of rotatable bonds is 10. The number of ether oxygens (including phenoxy) is 1. The van der Waals surface area contributed by atoms with E-state index in [0.717, 1.165) is 16.2 Å². The number of amides is 2. The fourth-order valence-electron chi connectivity index (χ4n) is 3.63. The maximum atomic E-state index is 13.0. The van der Waals surface area contributed by atoms with Crippen molar-refractivity contribution in [2.45, 2.75) is 23.5 Å². The number of nitrogens with zero attached hydrogens (tertiary/aromatic N) is 6. The normalized spacial score (nSPS) is 19.1. The average Bonchev–Trinajstić information content (AvgIpc) is 3.48. The predicted octanol–water partition coefficient (Wildman–Crippen LogP) is -0.0881. The molecular weight excluding hydrogens is 560 g/mol. The minimum atomic E-state index is -1.27. The summed E-state index contributed by atoms with van der Waals surface area (Å²) in [4.78, 5) is 64.0. The number of oxime groups is 1. The van der Waals surface area contributed by atoms with Crippen molar-refractivity contribution in [3.05, 3.63) is 28.2 Å². The van der Waals surface area contributed by atoms with Gasteiger partial charge < -0.3 is 25.7 Å². The smallest absolute Gasteiger partial charge is 0.378 e. The van der Waals surface area contributed by atoms with Crippen molar-refractivity contribution in [1.29, 1.82) is 0 Å². The number of nitrogen functional groups attached to an aromatic ring is 1. The molecule has 18 heteroatoms. The third-order valence-corrected chi connectivity index (χ3v) is 8.38. The van der Waals surface area contributed by atoms with E-state index >= 15 is 0 Å². The SMILES string of the molecule is CCOC(=O)c1nc(SCC2=C(C(=O)O)N3C(=O)[C@@H](NC(=O)/C(=N\OC)c4csc(N)n4)[C@H]3SC2)n(C)n1. The van der Waals surface area contributed by atoms with E-state index in [4.69, 9.17) is 15.3 Å². The average molecular weight is 583 g/mol. The molecule has 0 radical (unpaired) electrons. The molecule has 0 aliphatic carbocycles. The first-order chi connectivity index (χ1) is 18.2. The first kappa shape index (κ1) is 27.4. The van der Waals surface area contributed by atoms with Crippen LogP contribution < -0.4 is 11.1 Å². The van der Waals surface area contributed by atoms with Crippen molar-refractivity contribution in [3.8, 4) is 0 Å². The molecule has 38 heavy (non-hydrogen) atoms. The number of nitrogens with two attached hydrogens (primary N) is 1. The minimum Gasteiger partial charge on any atom is -0.477 e. The summed E-state index contributed by atoms with van der Waals surface area (Å²) < 4.78 is 6.30.